The van der Waals surface area contributed by atoms with Crippen LogP contribution in [0, 0.1) is 0 Å². The van der Waals surface area contributed by atoms with E-state index < -0.39 is 0 Å². The Morgan fingerprint density at radius 3 is 2.81 bits per heavy atom. The molecule has 0 aliphatic carbocycles. The maximum Gasteiger partial charge on any atom is 0.337 e. The van der Waals surface area contributed by atoms with Crippen molar-refractivity contribution in [2.75, 3.05) is 27.3 Å². The van der Waals surface area contributed by atoms with E-state index in [9.17, 15) is 4.79 Å². The Labute approximate surface area is 155 Å². The van der Waals surface area contributed by atoms with E-state index in [-0.39, 0.29) is 5.97 Å². The third-order valence-corrected chi connectivity index (χ3v) is 4.49. The summed E-state index contributed by atoms with van der Waals surface area (Å²) < 4.78 is 10.5. The summed E-state index contributed by atoms with van der Waals surface area (Å²) in [5, 5.41) is 0. The Morgan fingerprint density at radius 1 is 1.23 bits per heavy atom. The first kappa shape index (κ1) is 18.2. The third-order valence-electron chi connectivity index (χ3n) is 4.49. The minimum atomic E-state index is -0.311. The van der Waals surface area contributed by atoms with Gasteiger partial charge in [-0.25, -0.2) is 4.79 Å². The van der Waals surface area contributed by atoms with Crippen molar-refractivity contribution in [3.63, 3.8) is 0 Å². The number of carbonyl (C=O) groups is 1. The molecular formula is C22H25NO3. The van der Waals surface area contributed by atoms with Crippen LogP contribution in [0.5, 0.6) is 5.75 Å². The molecule has 0 unspecified atom stereocenters. The standard InChI is InChI=1S/C22H25NO3/c1-23(16-18-9-10-19-6-4-14-26-21(19)15-18)13-3-5-17-7-11-20(12-8-17)22(24)25-2/h3,5,7-12,15H,4,6,13-14,16H2,1-2H3. The van der Waals surface area contributed by atoms with Crippen LogP contribution in [-0.2, 0) is 17.7 Å². The lowest BCUT2D eigenvalue weighted by Crippen LogP contribution is -2.18. The van der Waals surface area contributed by atoms with Crippen LogP contribution in [-0.4, -0.2) is 38.2 Å². The number of likely N-dealkylation sites (N-methyl/N-ethyl adjacent to an activating group) is 1. The third kappa shape index (κ3) is 4.73. The summed E-state index contributed by atoms with van der Waals surface area (Å²) in [6, 6.07) is 14.0. The number of fused-ring (bicyclic) bond motifs is 1. The lowest BCUT2D eigenvalue weighted by molar-refractivity contribution is 0.0600. The van der Waals surface area contributed by atoms with Gasteiger partial charge in [0.15, 0.2) is 0 Å². The van der Waals surface area contributed by atoms with Gasteiger partial charge in [0.1, 0.15) is 5.75 Å². The van der Waals surface area contributed by atoms with E-state index >= 15 is 0 Å². The molecular weight excluding hydrogens is 326 g/mol. The fraction of sp³-hybridized carbons (Fsp3) is 0.318. The fourth-order valence-electron chi connectivity index (χ4n) is 3.08. The SMILES string of the molecule is COC(=O)c1ccc(C=CCN(C)Cc2ccc3c(c2)OCCC3)cc1. The topological polar surface area (TPSA) is 38.8 Å². The van der Waals surface area contributed by atoms with Gasteiger partial charge in [-0.2, -0.15) is 0 Å². The van der Waals surface area contributed by atoms with Gasteiger partial charge in [0.25, 0.3) is 0 Å². The van der Waals surface area contributed by atoms with E-state index in [1.54, 1.807) is 12.1 Å². The molecule has 0 atom stereocenters. The van der Waals surface area contributed by atoms with Crippen molar-refractivity contribution in [3.05, 3.63) is 70.8 Å². The summed E-state index contributed by atoms with van der Waals surface area (Å²) in [4.78, 5) is 13.7. The highest BCUT2D eigenvalue weighted by atomic mass is 16.5. The average molecular weight is 351 g/mol. The normalized spacial score (nSPS) is 13.5. The molecule has 1 aliphatic rings. The smallest absolute Gasteiger partial charge is 0.337 e. The summed E-state index contributed by atoms with van der Waals surface area (Å²) in [6.45, 7) is 2.54. The van der Waals surface area contributed by atoms with Crippen LogP contribution < -0.4 is 4.74 Å². The number of hydrogen-bond acceptors (Lipinski definition) is 4. The van der Waals surface area contributed by atoms with E-state index in [1.807, 2.05) is 12.1 Å². The monoisotopic (exact) mass is 351 g/mol. The van der Waals surface area contributed by atoms with Gasteiger partial charge in [0, 0.05) is 13.1 Å². The van der Waals surface area contributed by atoms with Crippen molar-refractivity contribution < 1.29 is 14.3 Å². The zero-order valence-electron chi connectivity index (χ0n) is 15.4. The second-order valence-corrected chi connectivity index (χ2v) is 6.61. The van der Waals surface area contributed by atoms with Gasteiger partial charge in [-0.3, -0.25) is 4.90 Å². The minimum absolute atomic E-state index is 0.311. The molecule has 0 fully saturated rings. The highest BCUT2D eigenvalue weighted by molar-refractivity contribution is 5.89. The second kappa shape index (κ2) is 8.68. The van der Waals surface area contributed by atoms with Gasteiger partial charge in [-0.15, -0.1) is 0 Å². The molecule has 3 rings (SSSR count). The molecule has 0 radical (unpaired) electrons. The largest absolute Gasteiger partial charge is 0.493 e. The van der Waals surface area contributed by atoms with Crippen LogP contribution >= 0.6 is 0 Å². The molecule has 0 saturated carbocycles. The van der Waals surface area contributed by atoms with Crippen LogP contribution in [0.2, 0.25) is 0 Å². The van der Waals surface area contributed by atoms with Gasteiger partial charge < -0.3 is 9.47 Å². The number of nitrogens with zero attached hydrogens (tertiary/aromatic N) is 1. The first-order valence-electron chi connectivity index (χ1n) is 8.94. The molecule has 0 bridgehead atoms. The highest BCUT2D eigenvalue weighted by Crippen LogP contribution is 2.26. The predicted molar refractivity (Wildman–Crippen MR) is 103 cm³/mol. The van der Waals surface area contributed by atoms with E-state index in [2.05, 4.69) is 42.3 Å². The number of aryl methyl sites for hydroxylation is 1. The van der Waals surface area contributed by atoms with E-state index in [0.29, 0.717) is 5.56 Å². The van der Waals surface area contributed by atoms with Gasteiger partial charge in [-0.1, -0.05) is 36.4 Å². The molecule has 0 N–H and O–H groups in total. The summed E-state index contributed by atoms with van der Waals surface area (Å²) in [5.41, 5.74) is 4.21. The molecule has 0 aromatic heterocycles. The van der Waals surface area contributed by atoms with Crippen LogP contribution in [0.4, 0.5) is 0 Å². The summed E-state index contributed by atoms with van der Waals surface area (Å²) in [5.74, 6) is 0.734. The Balaban J connectivity index is 1.52. The number of hydrogen-bond donors (Lipinski definition) is 0. The van der Waals surface area contributed by atoms with Gasteiger partial charge >= 0.3 is 5.97 Å². The van der Waals surface area contributed by atoms with E-state index in [0.717, 1.165) is 43.9 Å². The van der Waals surface area contributed by atoms with Crippen LogP contribution in [0.3, 0.4) is 0 Å². The van der Waals surface area contributed by atoms with Gasteiger partial charge in [0.05, 0.1) is 19.3 Å². The molecule has 4 heteroatoms. The number of ether oxygens (including phenoxy) is 2. The number of carbonyl (C=O) groups excluding carboxylic acids is 1. The first-order valence-corrected chi connectivity index (χ1v) is 8.94. The molecule has 0 saturated heterocycles. The van der Waals surface area contributed by atoms with Gasteiger partial charge in [0.2, 0.25) is 0 Å². The maximum atomic E-state index is 11.4. The van der Waals surface area contributed by atoms with Crippen LogP contribution in [0.1, 0.15) is 33.5 Å². The lowest BCUT2D eigenvalue weighted by atomic mass is 10.0. The van der Waals surface area contributed by atoms with Crippen LogP contribution in [0.25, 0.3) is 6.08 Å². The Morgan fingerprint density at radius 2 is 2.04 bits per heavy atom. The zero-order valence-corrected chi connectivity index (χ0v) is 15.4. The average Bonchev–Trinajstić information content (AvgIpc) is 2.68. The molecule has 0 amide bonds. The van der Waals surface area contributed by atoms with Crippen LogP contribution in [0.15, 0.2) is 48.5 Å². The predicted octanol–water partition coefficient (Wildman–Crippen LogP) is 3.94. The Kier molecular flexibility index (Phi) is 6.08. The number of benzene rings is 2. The zero-order chi connectivity index (χ0) is 18.4. The molecule has 1 aliphatic heterocycles. The number of methoxy groups -OCH3 is 1. The summed E-state index contributed by atoms with van der Waals surface area (Å²) in [6.07, 6.45) is 6.41. The highest BCUT2D eigenvalue weighted by Gasteiger charge is 2.11. The number of rotatable bonds is 6. The van der Waals surface area contributed by atoms with E-state index in [1.165, 1.54) is 18.2 Å². The fourth-order valence-corrected chi connectivity index (χ4v) is 3.08. The Bertz CT molecular complexity index is 780. The summed E-state index contributed by atoms with van der Waals surface area (Å²) >= 11 is 0. The molecule has 0 spiro atoms. The van der Waals surface area contributed by atoms with Crippen molar-refractivity contribution in [2.24, 2.45) is 0 Å². The maximum absolute atomic E-state index is 11.4. The van der Waals surface area contributed by atoms with Gasteiger partial charge in [-0.05, 0) is 54.8 Å². The molecule has 1 heterocycles. The Hall–Kier alpha value is -2.59. The molecule has 4 nitrogen and oxygen atoms in total. The molecule has 2 aromatic carbocycles. The van der Waals surface area contributed by atoms with Crippen molar-refractivity contribution in [2.45, 2.75) is 19.4 Å². The van der Waals surface area contributed by atoms with Crippen molar-refractivity contribution in [1.29, 1.82) is 0 Å². The van der Waals surface area contributed by atoms with Crippen molar-refractivity contribution >= 4 is 12.0 Å². The molecule has 26 heavy (non-hydrogen) atoms. The quantitative estimate of drug-likeness (QED) is 0.739. The van der Waals surface area contributed by atoms with Crippen molar-refractivity contribution in [3.8, 4) is 5.75 Å². The molecule has 2 aromatic rings. The lowest BCUT2D eigenvalue weighted by Gasteiger charge is -2.20. The second-order valence-electron chi connectivity index (χ2n) is 6.61. The minimum Gasteiger partial charge on any atom is -0.493 e. The van der Waals surface area contributed by atoms with Crippen molar-refractivity contribution in [1.82, 2.24) is 4.90 Å². The summed E-state index contributed by atoms with van der Waals surface area (Å²) in [7, 11) is 3.49. The van der Waals surface area contributed by atoms with E-state index in [4.69, 9.17) is 9.47 Å². The number of esters is 1. The molecule has 136 valence electrons. The first-order chi connectivity index (χ1) is 12.7.